The van der Waals surface area contributed by atoms with Crippen molar-refractivity contribution in [2.45, 2.75) is 25.4 Å². The minimum Gasteiger partial charge on any atom is -0.381 e. The van der Waals surface area contributed by atoms with Gasteiger partial charge >= 0.3 is 0 Å². The van der Waals surface area contributed by atoms with Gasteiger partial charge < -0.3 is 9.47 Å². The number of carbonyl (C=O) groups excluding carboxylic acids is 1. The van der Waals surface area contributed by atoms with E-state index in [4.69, 9.17) is 9.47 Å². The second-order valence-corrected chi connectivity index (χ2v) is 5.02. The third-order valence-electron chi connectivity index (χ3n) is 3.81. The van der Waals surface area contributed by atoms with Gasteiger partial charge in [-0.15, -0.1) is 0 Å². The molecule has 3 rings (SSSR count). The molecule has 2 aliphatic heterocycles. The molecule has 0 bridgehead atoms. The summed E-state index contributed by atoms with van der Waals surface area (Å²) in [6.07, 6.45) is 2.44. The van der Waals surface area contributed by atoms with Crippen molar-refractivity contribution in [3.8, 4) is 0 Å². The minimum absolute atomic E-state index is 0.00917. The summed E-state index contributed by atoms with van der Waals surface area (Å²) < 4.78 is 11.1. The summed E-state index contributed by atoms with van der Waals surface area (Å²) in [4.78, 5) is 12.5. The van der Waals surface area contributed by atoms with E-state index in [1.165, 1.54) is 5.56 Å². The van der Waals surface area contributed by atoms with Gasteiger partial charge in [0.1, 0.15) is 6.10 Å². The lowest BCUT2D eigenvalue weighted by Gasteiger charge is -2.29. The lowest BCUT2D eigenvalue weighted by atomic mass is 9.87. The Morgan fingerprint density at radius 3 is 2.94 bits per heavy atom. The van der Waals surface area contributed by atoms with Crippen LogP contribution in [-0.4, -0.2) is 25.6 Å². The third-order valence-corrected chi connectivity index (χ3v) is 3.81. The van der Waals surface area contributed by atoms with Gasteiger partial charge in [-0.05, 0) is 30.4 Å². The van der Waals surface area contributed by atoms with Crippen molar-refractivity contribution in [1.82, 2.24) is 0 Å². The van der Waals surface area contributed by atoms with E-state index in [1.54, 1.807) is 0 Å². The molecule has 0 amide bonds. The van der Waals surface area contributed by atoms with Gasteiger partial charge in [-0.2, -0.15) is 0 Å². The van der Waals surface area contributed by atoms with Crippen molar-refractivity contribution in [3.63, 3.8) is 0 Å². The van der Waals surface area contributed by atoms with Crippen LogP contribution in [0.4, 0.5) is 0 Å². The minimum atomic E-state index is -0.373. The van der Waals surface area contributed by atoms with Crippen molar-refractivity contribution >= 4 is 5.78 Å². The van der Waals surface area contributed by atoms with E-state index in [0.717, 1.165) is 31.4 Å². The van der Waals surface area contributed by atoms with Crippen LogP contribution in [0.2, 0.25) is 0 Å². The predicted octanol–water partition coefficient (Wildman–Crippen LogP) is 2.30. The van der Waals surface area contributed by atoms with E-state index in [0.29, 0.717) is 13.2 Å². The number of fused-ring (bicyclic) bond motifs is 1. The third kappa shape index (κ3) is 2.20. The molecule has 1 saturated heterocycles. The van der Waals surface area contributed by atoms with E-state index in [2.05, 4.69) is 6.07 Å². The fraction of sp³-hybridized carbons (Fsp3) is 0.533. The number of hydrogen-bond acceptors (Lipinski definition) is 3. The molecule has 2 heterocycles. The molecule has 3 heteroatoms. The van der Waals surface area contributed by atoms with Crippen LogP contribution >= 0.6 is 0 Å². The highest BCUT2D eigenvalue weighted by Gasteiger charge is 2.33. The maximum Gasteiger partial charge on any atom is 0.171 e. The first-order valence-electron chi connectivity index (χ1n) is 6.67. The SMILES string of the molecule is O=C(C1CCCOC1)C1OCCc2ccccc21. The molecule has 1 aromatic rings. The molecule has 1 fully saturated rings. The second-order valence-electron chi connectivity index (χ2n) is 5.02. The molecule has 2 aliphatic rings. The molecule has 0 N–H and O–H groups in total. The van der Waals surface area contributed by atoms with E-state index in [-0.39, 0.29) is 17.8 Å². The quantitative estimate of drug-likeness (QED) is 0.803. The average Bonchev–Trinajstić information content (AvgIpc) is 2.47. The molecule has 0 radical (unpaired) electrons. The predicted molar refractivity (Wildman–Crippen MR) is 67.4 cm³/mol. The summed E-state index contributed by atoms with van der Waals surface area (Å²) in [6, 6.07) is 8.11. The van der Waals surface area contributed by atoms with Crippen LogP contribution in [-0.2, 0) is 20.7 Å². The Morgan fingerprint density at radius 1 is 1.22 bits per heavy atom. The fourth-order valence-corrected chi connectivity index (χ4v) is 2.81. The average molecular weight is 246 g/mol. The van der Waals surface area contributed by atoms with Gasteiger partial charge in [-0.3, -0.25) is 4.79 Å². The van der Waals surface area contributed by atoms with Crippen LogP contribution in [0.3, 0.4) is 0 Å². The van der Waals surface area contributed by atoms with Crippen molar-refractivity contribution in [2.24, 2.45) is 5.92 Å². The van der Waals surface area contributed by atoms with Crippen LogP contribution in [0.15, 0.2) is 24.3 Å². The molecule has 18 heavy (non-hydrogen) atoms. The van der Waals surface area contributed by atoms with Crippen LogP contribution in [0, 0.1) is 5.92 Å². The van der Waals surface area contributed by atoms with Gasteiger partial charge in [-0.25, -0.2) is 0 Å². The van der Waals surface area contributed by atoms with Crippen LogP contribution in [0.1, 0.15) is 30.1 Å². The van der Waals surface area contributed by atoms with Crippen molar-refractivity contribution in [2.75, 3.05) is 19.8 Å². The van der Waals surface area contributed by atoms with E-state index in [1.807, 2.05) is 18.2 Å². The second kappa shape index (κ2) is 5.21. The smallest absolute Gasteiger partial charge is 0.171 e. The van der Waals surface area contributed by atoms with Gasteiger partial charge in [-0.1, -0.05) is 24.3 Å². The fourth-order valence-electron chi connectivity index (χ4n) is 2.81. The highest BCUT2D eigenvalue weighted by Crippen LogP contribution is 2.31. The number of benzene rings is 1. The summed E-state index contributed by atoms with van der Waals surface area (Å²) in [5, 5.41) is 0. The Kier molecular flexibility index (Phi) is 3.43. The monoisotopic (exact) mass is 246 g/mol. The first-order chi connectivity index (χ1) is 8.86. The first-order valence-corrected chi connectivity index (χ1v) is 6.67. The van der Waals surface area contributed by atoms with Crippen molar-refractivity contribution in [3.05, 3.63) is 35.4 Å². The van der Waals surface area contributed by atoms with Crippen LogP contribution in [0.25, 0.3) is 0 Å². The zero-order chi connectivity index (χ0) is 12.4. The molecule has 96 valence electrons. The Balaban J connectivity index is 1.82. The van der Waals surface area contributed by atoms with Crippen molar-refractivity contribution < 1.29 is 14.3 Å². The molecule has 2 atom stereocenters. The lowest BCUT2D eigenvalue weighted by Crippen LogP contribution is -2.33. The normalized spacial score (nSPS) is 27.6. The van der Waals surface area contributed by atoms with Gasteiger partial charge in [0.05, 0.1) is 13.2 Å². The van der Waals surface area contributed by atoms with Gasteiger partial charge in [0.2, 0.25) is 0 Å². The summed E-state index contributed by atoms with van der Waals surface area (Å²) in [6.45, 7) is 1.98. The number of rotatable bonds is 2. The van der Waals surface area contributed by atoms with E-state index in [9.17, 15) is 4.79 Å². The Hall–Kier alpha value is -1.19. The lowest BCUT2D eigenvalue weighted by molar-refractivity contribution is -0.140. The Labute approximate surface area is 107 Å². The molecule has 0 spiro atoms. The standard InChI is InChI=1S/C15H18O3/c16-14(12-5-3-8-17-10-12)15-13-6-2-1-4-11(13)7-9-18-15/h1-2,4,6,12,15H,3,5,7-10H2. The highest BCUT2D eigenvalue weighted by atomic mass is 16.5. The summed E-state index contributed by atoms with van der Waals surface area (Å²) in [7, 11) is 0. The number of ether oxygens (including phenoxy) is 2. The van der Waals surface area contributed by atoms with Crippen LogP contribution in [0.5, 0.6) is 0 Å². The maximum absolute atomic E-state index is 12.5. The first kappa shape index (κ1) is 11.9. The number of Topliss-reactive ketones (excluding diaryl/α,β-unsaturated/α-hetero) is 1. The molecule has 0 aromatic heterocycles. The zero-order valence-electron chi connectivity index (χ0n) is 10.4. The van der Waals surface area contributed by atoms with Gasteiger partial charge in [0, 0.05) is 12.5 Å². The van der Waals surface area contributed by atoms with E-state index < -0.39 is 0 Å². The maximum atomic E-state index is 12.5. The van der Waals surface area contributed by atoms with Gasteiger partial charge in [0.25, 0.3) is 0 Å². The topological polar surface area (TPSA) is 35.5 Å². The molecular formula is C15H18O3. The Morgan fingerprint density at radius 2 is 2.11 bits per heavy atom. The largest absolute Gasteiger partial charge is 0.381 e. The molecule has 1 aromatic carbocycles. The summed E-state index contributed by atoms with van der Waals surface area (Å²) in [5.74, 6) is 0.205. The molecule has 0 saturated carbocycles. The molecule has 3 nitrogen and oxygen atoms in total. The van der Waals surface area contributed by atoms with E-state index >= 15 is 0 Å². The number of hydrogen-bond donors (Lipinski definition) is 0. The Bertz CT molecular complexity index is 435. The highest BCUT2D eigenvalue weighted by molar-refractivity contribution is 5.87. The summed E-state index contributed by atoms with van der Waals surface area (Å²) >= 11 is 0. The summed E-state index contributed by atoms with van der Waals surface area (Å²) in [5.41, 5.74) is 2.30. The number of carbonyl (C=O) groups is 1. The zero-order valence-corrected chi connectivity index (χ0v) is 10.4. The van der Waals surface area contributed by atoms with Crippen molar-refractivity contribution in [1.29, 1.82) is 0 Å². The molecule has 0 aliphatic carbocycles. The van der Waals surface area contributed by atoms with Crippen LogP contribution < -0.4 is 0 Å². The molecular weight excluding hydrogens is 228 g/mol. The van der Waals surface area contributed by atoms with Gasteiger partial charge in [0.15, 0.2) is 5.78 Å². The molecule has 2 unspecified atom stereocenters. The number of ketones is 1.